The summed E-state index contributed by atoms with van der Waals surface area (Å²) in [7, 11) is -3.84. The van der Waals surface area contributed by atoms with Crippen LogP contribution < -0.4 is 20.5 Å². The molecule has 1 aromatic carbocycles. The molecule has 0 spiro atoms. The predicted molar refractivity (Wildman–Crippen MR) is 170 cm³/mol. The minimum atomic E-state index is -3.84. The minimum absolute atomic E-state index is 0.0557. The maximum atomic E-state index is 14.0. The molecule has 2 aliphatic carbocycles. The summed E-state index contributed by atoms with van der Waals surface area (Å²) < 4.78 is 35.5. The zero-order valence-corrected chi connectivity index (χ0v) is 26.9. The lowest BCUT2D eigenvalue weighted by molar-refractivity contribution is -0.142. The number of nitrogens with zero attached hydrogens (tertiary/aromatic N) is 4. The van der Waals surface area contributed by atoms with Crippen LogP contribution in [0.5, 0.6) is 5.88 Å². The number of ether oxygens (including phenoxy) is 1. The summed E-state index contributed by atoms with van der Waals surface area (Å²) in [6.45, 7) is 9.33. The fourth-order valence-corrected chi connectivity index (χ4v) is 7.32. The topological polar surface area (TPSA) is 179 Å². The number of hydrogen-bond acceptors (Lipinski definition) is 9. The third kappa shape index (κ3) is 5.86. The largest absolute Gasteiger partial charge is 0.472 e. The molecule has 3 fully saturated rings. The number of benzene rings is 1. The monoisotopic (exact) mass is 649 g/mol. The van der Waals surface area contributed by atoms with Crippen LogP contribution in [0.4, 0.5) is 0 Å². The summed E-state index contributed by atoms with van der Waals surface area (Å²) in [6, 6.07) is 5.67. The molecule has 3 aromatic rings. The van der Waals surface area contributed by atoms with Crippen molar-refractivity contribution in [3.05, 3.63) is 61.8 Å². The van der Waals surface area contributed by atoms with E-state index in [0.29, 0.717) is 18.7 Å². The molecule has 2 saturated carbocycles. The number of sulfonamides is 1. The van der Waals surface area contributed by atoms with Gasteiger partial charge in [0.05, 0.1) is 36.0 Å². The van der Waals surface area contributed by atoms with Crippen LogP contribution in [-0.4, -0.2) is 81.1 Å². The summed E-state index contributed by atoms with van der Waals surface area (Å²) >= 11 is 0. The van der Waals surface area contributed by atoms with E-state index < -0.39 is 68.1 Å². The molecule has 46 heavy (non-hydrogen) atoms. The first kappa shape index (κ1) is 31.7. The van der Waals surface area contributed by atoms with Crippen molar-refractivity contribution in [2.75, 3.05) is 6.54 Å². The summed E-state index contributed by atoms with van der Waals surface area (Å²) in [5.74, 6) is -1.96. The van der Waals surface area contributed by atoms with Gasteiger partial charge in [-0.15, -0.1) is 6.58 Å². The average molecular weight is 650 g/mol. The van der Waals surface area contributed by atoms with Gasteiger partial charge in [0.2, 0.25) is 27.7 Å². The van der Waals surface area contributed by atoms with Crippen LogP contribution in [0.1, 0.15) is 46.5 Å². The Balaban J connectivity index is 1.27. The highest BCUT2D eigenvalue weighted by Gasteiger charge is 2.62. The Morgan fingerprint density at radius 3 is 2.52 bits per heavy atom. The van der Waals surface area contributed by atoms with E-state index in [1.54, 1.807) is 18.7 Å². The molecular weight excluding hydrogens is 610 g/mol. The number of fused-ring (bicyclic) bond motifs is 1. The van der Waals surface area contributed by atoms with Gasteiger partial charge in [0.25, 0.3) is 5.91 Å². The van der Waals surface area contributed by atoms with Gasteiger partial charge in [-0.1, -0.05) is 45.0 Å². The number of aromatic nitrogens is 3. The van der Waals surface area contributed by atoms with Crippen LogP contribution in [0.3, 0.4) is 0 Å². The first-order valence-electron chi connectivity index (χ1n) is 15.3. The van der Waals surface area contributed by atoms with Crippen LogP contribution >= 0.6 is 0 Å². The van der Waals surface area contributed by atoms with E-state index in [-0.39, 0.29) is 19.4 Å². The quantitative estimate of drug-likeness (QED) is 0.276. The van der Waals surface area contributed by atoms with Gasteiger partial charge in [0.1, 0.15) is 17.7 Å². The van der Waals surface area contributed by atoms with Crippen LogP contribution in [0.25, 0.3) is 16.5 Å². The maximum absolute atomic E-state index is 14.0. The van der Waals surface area contributed by atoms with Gasteiger partial charge in [-0.3, -0.25) is 19.1 Å². The Morgan fingerprint density at radius 2 is 1.91 bits per heavy atom. The summed E-state index contributed by atoms with van der Waals surface area (Å²) in [6.07, 6.45) is 9.00. The smallest absolute Gasteiger partial charge is 0.259 e. The van der Waals surface area contributed by atoms with Crippen molar-refractivity contribution in [2.45, 2.75) is 75.4 Å². The molecule has 0 bridgehead atoms. The number of rotatable bonds is 10. The van der Waals surface area contributed by atoms with Crippen molar-refractivity contribution in [1.29, 1.82) is 0 Å². The highest BCUT2D eigenvalue weighted by Crippen LogP contribution is 2.45. The minimum Gasteiger partial charge on any atom is -0.472 e. The Bertz CT molecular complexity index is 1800. The molecule has 244 valence electrons. The SMILES string of the molecule is C=CC1C[C@]1(NC(=O)[C@@H]1C[C@@H](Oc2ncc(-n3ccnc3)c3ccccc23)CN1C(=O)[C@@H](N)C(C)(C)C)C(=O)NS(=O)(=O)C1CC1. The second-order valence-electron chi connectivity index (χ2n) is 13.5. The zero-order valence-electron chi connectivity index (χ0n) is 26.0. The number of carbonyl (C=O) groups excluding carboxylic acids is 3. The summed E-state index contributed by atoms with van der Waals surface area (Å²) in [5, 5.41) is 3.80. The molecule has 1 saturated heterocycles. The Kier molecular flexibility index (Phi) is 7.92. The van der Waals surface area contributed by atoms with E-state index in [4.69, 9.17) is 10.5 Å². The molecule has 1 unspecified atom stereocenters. The molecule has 3 amide bonds. The van der Waals surface area contributed by atoms with Crippen molar-refractivity contribution < 1.29 is 27.5 Å². The van der Waals surface area contributed by atoms with Gasteiger partial charge < -0.3 is 25.3 Å². The molecule has 1 aliphatic heterocycles. The lowest BCUT2D eigenvalue weighted by Gasteiger charge is -2.33. The Morgan fingerprint density at radius 1 is 1.20 bits per heavy atom. The normalized spacial score (nSPS) is 25.1. The lowest BCUT2D eigenvalue weighted by atomic mass is 9.86. The van der Waals surface area contributed by atoms with Crippen molar-refractivity contribution >= 4 is 38.5 Å². The first-order valence-corrected chi connectivity index (χ1v) is 16.9. The summed E-state index contributed by atoms with van der Waals surface area (Å²) in [5.41, 5.74) is 5.11. The van der Waals surface area contributed by atoms with Crippen LogP contribution in [0, 0.1) is 11.3 Å². The lowest BCUT2D eigenvalue weighted by Crippen LogP contribution is -2.59. The molecular formula is C32H39N7O6S. The van der Waals surface area contributed by atoms with E-state index >= 15 is 0 Å². The third-order valence-corrected chi connectivity index (χ3v) is 10.9. The fourth-order valence-electron chi connectivity index (χ4n) is 5.95. The van der Waals surface area contributed by atoms with E-state index in [1.807, 2.05) is 55.8 Å². The average Bonchev–Trinajstić information content (AvgIpc) is 3.89. The number of imidazole rings is 1. The van der Waals surface area contributed by atoms with E-state index in [0.717, 1.165) is 16.5 Å². The van der Waals surface area contributed by atoms with E-state index in [2.05, 4.69) is 26.6 Å². The van der Waals surface area contributed by atoms with Gasteiger partial charge in [-0.2, -0.15) is 0 Å². The van der Waals surface area contributed by atoms with E-state index in [1.165, 1.54) is 11.0 Å². The molecule has 5 atom stereocenters. The predicted octanol–water partition coefficient (Wildman–Crippen LogP) is 1.81. The van der Waals surface area contributed by atoms with Crippen molar-refractivity contribution in [1.82, 2.24) is 29.5 Å². The zero-order chi connectivity index (χ0) is 33.0. The molecule has 3 heterocycles. The molecule has 4 N–H and O–H groups in total. The number of nitrogens with two attached hydrogens (primary N) is 1. The van der Waals surface area contributed by atoms with Gasteiger partial charge >= 0.3 is 0 Å². The maximum Gasteiger partial charge on any atom is 0.259 e. The molecule has 0 radical (unpaired) electrons. The van der Waals surface area contributed by atoms with Crippen molar-refractivity contribution in [3.8, 4) is 11.6 Å². The molecule has 6 rings (SSSR count). The second-order valence-corrected chi connectivity index (χ2v) is 15.4. The van der Waals surface area contributed by atoms with Crippen LogP contribution in [0.15, 0.2) is 61.8 Å². The summed E-state index contributed by atoms with van der Waals surface area (Å²) in [4.78, 5) is 51.1. The number of amides is 3. The number of nitrogens with one attached hydrogen (secondary N) is 2. The van der Waals surface area contributed by atoms with Crippen LogP contribution in [-0.2, 0) is 24.4 Å². The first-order chi connectivity index (χ1) is 21.7. The van der Waals surface area contributed by atoms with Crippen molar-refractivity contribution in [2.24, 2.45) is 17.1 Å². The molecule has 13 nitrogen and oxygen atoms in total. The third-order valence-electron chi connectivity index (χ3n) is 9.09. The van der Waals surface area contributed by atoms with Crippen LogP contribution in [0.2, 0.25) is 0 Å². The number of pyridine rings is 1. The van der Waals surface area contributed by atoms with Crippen molar-refractivity contribution in [3.63, 3.8) is 0 Å². The number of likely N-dealkylation sites (tertiary alicyclic amines) is 1. The fraction of sp³-hybridized carbons (Fsp3) is 0.469. The molecule has 3 aliphatic rings. The standard InChI is InChI=1S/C32H39N7O6S/c1-5-19-15-32(19,30(42)37-46(43,44)21-10-11-21)36-27(40)24-14-20(17-39(24)29(41)26(33)31(2,3)4)45-28-23-9-7-6-8-22(23)25(16-35-28)38-13-12-34-18-38/h5-9,12-13,16,18-21,24,26H,1,10-11,14-15,17,33H2,2-4H3,(H,36,40)(H,37,42)/t19?,20-,24+,26-,32-/m1/s1. The molecule has 14 heteroatoms. The highest BCUT2D eigenvalue weighted by atomic mass is 32.2. The Hall–Kier alpha value is -4.30. The van der Waals surface area contributed by atoms with Gasteiger partial charge in [-0.25, -0.2) is 18.4 Å². The van der Waals surface area contributed by atoms with Gasteiger partial charge in [0, 0.05) is 35.5 Å². The second kappa shape index (κ2) is 11.5. The van der Waals surface area contributed by atoms with E-state index in [9.17, 15) is 22.8 Å². The number of hydrogen-bond donors (Lipinski definition) is 3. The highest BCUT2D eigenvalue weighted by molar-refractivity contribution is 7.91. The van der Waals surface area contributed by atoms with Gasteiger partial charge in [-0.05, 0) is 30.7 Å². The van der Waals surface area contributed by atoms with Gasteiger partial charge in [0.15, 0.2) is 0 Å². The molecule has 2 aromatic heterocycles. The Labute approximate surface area is 267 Å². The number of carbonyl (C=O) groups is 3.